The van der Waals surface area contributed by atoms with Crippen molar-refractivity contribution in [1.29, 1.82) is 0 Å². The number of hydrogen-bond acceptors (Lipinski definition) is 6. The average molecular weight is 517 g/mol. The van der Waals surface area contributed by atoms with Crippen LogP contribution in [0, 0.1) is 17.3 Å². The minimum Gasteiger partial charge on any atom is -0.465 e. The lowest BCUT2D eigenvalue weighted by Gasteiger charge is -2.45. The topological polar surface area (TPSA) is 96.4 Å². The molecular formula is C29H44N2O6. The number of aliphatic hydroxyl groups is 1. The molecule has 2 amide bonds. The number of esters is 1. The first kappa shape index (κ1) is 27.8. The zero-order valence-corrected chi connectivity index (χ0v) is 23.2. The lowest BCUT2D eigenvalue weighted by molar-refractivity contribution is -0.158. The Morgan fingerprint density at radius 2 is 1.84 bits per heavy atom. The summed E-state index contributed by atoms with van der Waals surface area (Å²) in [6.07, 6.45) is 10.7. The first-order valence-corrected chi connectivity index (χ1v) is 13.8. The number of hydrogen-bond donors (Lipinski definition) is 1. The highest BCUT2D eigenvalue weighted by molar-refractivity contribution is 5.99. The van der Waals surface area contributed by atoms with Crippen molar-refractivity contribution in [3.8, 4) is 0 Å². The van der Waals surface area contributed by atoms with Crippen LogP contribution in [0.15, 0.2) is 24.3 Å². The summed E-state index contributed by atoms with van der Waals surface area (Å²) in [6, 6.07) is -1.53. The minimum absolute atomic E-state index is 0.0247. The summed E-state index contributed by atoms with van der Waals surface area (Å²) in [5, 5.41) is 10.2. The monoisotopic (exact) mass is 516 g/mol. The molecule has 0 radical (unpaired) electrons. The minimum atomic E-state index is -1.31. The van der Waals surface area contributed by atoms with Crippen molar-refractivity contribution in [2.75, 3.05) is 19.8 Å². The second kappa shape index (κ2) is 10.2. The molecule has 4 aliphatic rings. The predicted octanol–water partition coefficient (Wildman–Crippen LogP) is 3.23. The third-order valence-corrected chi connectivity index (χ3v) is 8.31. The van der Waals surface area contributed by atoms with Gasteiger partial charge in [-0.2, -0.15) is 0 Å². The fourth-order valence-electron chi connectivity index (χ4n) is 7.10. The Labute approximate surface area is 221 Å². The largest absolute Gasteiger partial charge is 0.465 e. The maximum atomic E-state index is 14.5. The number of allylic oxidation sites excluding steroid dienone is 1. The van der Waals surface area contributed by atoms with E-state index in [0.29, 0.717) is 19.6 Å². The number of aliphatic hydroxyl groups excluding tert-OH is 1. The van der Waals surface area contributed by atoms with Crippen LogP contribution in [0.1, 0.15) is 73.6 Å². The zero-order valence-electron chi connectivity index (χ0n) is 23.2. The Morgan fingerprint density at radius 3 is 2.49 bits per heavy atom. The maximum absolute atomic E-state index is 14.5. The molecule has 0 aromatic heterocycles. The molecule has 4 heterocycles. The standard InChI is InChI=1S/C29H44N2O6/c1-7-19(17-32)31-23-25(34)30(28(5,6)18-27(2,3)4)15-12-14-29(23)22(24(31)33)21-20(37-29)13-10-8-9-11-16-36-26(21)35/h10,12-14,19-23,32H,7-9,11,15-18H2,1-6H3/b13-10-/t19-,20+,21-,22-,23?,29-/m0/s1. The molecule has 2 saturated heterocycles. The number of ether oxygens (including phenoxy) is 2. The van der Waals surface area contributed by atoms with E-state index in [2.05, 4.69) is 34.6 Å². The van der Waals surface area contributed by atoms with Crippen LogP contribution < -0.4 is 0 Å². The summed E-state index contributed by atoms with van der Waals surface area (Å²) in [5.41, 5.74) is -1.83. The molecule has 8 heteroatoms. The molecule has 6 atom stereocenters. The van der Waals surface area contributed by atoms with Crippen LogP contribution in [0.3, 0.4) is 0 Å². The number of cyclic esters (lactones) is 1. The van der Waals surface area contributed by atoms with Gasteiger partial charge in [0.05, 0.1) is 31.3 Å². The van der Waals surface area contributed by atoms with Gasteiger partial charge >= 0.3 is 5.97 Å². The van der Waals surface area contributed by atoms with Gasteiger partial charge in [-0.25, -0.2) is 0 Å². The van der Waals surface area contributed by atoms with E-state index in [4.69, 9.17) is 9.47 Å². The molecule has 1 spiro atoms. The van der Waals surface area contributed by atoms with Gasteiger partial charge in [0.25, 0.3) is 0 Å². The van der Waals surface area contributed by atoms with Crippen LogP contribution in [0.5, 0.6) is 0 Å². The van der Waals surface area contributed by atoms with Crippen molar-refractivity contribution in [2.24, 2.45) is 17.3 Å². The fourth-order valence-corrected chi connectivity index (χ4v) is 7.10. The third-order valence-electron chi connectivity index (χ3n) is 8.31. The van der Waals surface area contributed by atoms with Crippen LogP contribution in [0.2, 0.25) is 0 Å². The number of nitrogens with zero attached hydrogens (tertiary/aromatic N) is 2. The van der Waals surface area contributed by atoms with Crippen molar-refractivity contribution < 1.29 is 29.0 Å². The van der Waals surface area contributed by atoms with Gasteiger partial charge in [-0.05, 0) is 51.4 Å². The number of carbonyl (C=O) groups is 3. The van der Waals surface area contributed by atoms with Crippen LogP contribution in [-0.4, -0.2) is 81.8 Å². The SMILES string of the molecule is CC[C@@H](CO)N1C(=O)[C@@H]2[C@H]3C(=O)OCCCC/C=C\[C@H]3O[C@@]23C=CCN(C(C)(C)CC(C)(C)C)C(=O)C13. The van der Waals surface area contributed by atoms with Gasteiger partial charge in [-0.3, -0.25) is 14.4 Å². The molecule has 0 aromatic rings. The van der Waals surface area contributed by atoms with Gasteiger partial charge in [0.1, 0.15) is 17.6 Å². The van der Waals surface area contributed by atoms with E-state index in [1.165, 1.54) is 4.90 Å². The first-order chi connectivity index (χ1) is 17.4. The van der Waals surface area contributed by atoms with Gasteiger partial charge in [0, 0.05) is 12.1 Å². The summed E-state index contributed by atoms with van der Waals surface area (Å²) in [7, 11) is 0. The van der Waals surface area contributed by atoms with Crippen LogP contribution in [0.4, 0.5) is 0 Å². The van der Waals surface area contributed by atoms with Crippen LogP contribution in [0.25, 0.3) is 0 Å². The molecule has 4 rings (SSSR count). The van der Waals surface area contributed by atoms with E-state index in [9.17, 15) is 19.5 Å². The molecule has 206 valence electrons. The molecule has 37 heavy (non-hydrogen) atoms. The number of likely N-dealkylation sites (tertiary alicyclic amines) is 1. The summed E-state index contributed by atoms with van der Waals surface area (Å²) in [6.45, 7) is 12.8. The van der Waals surface area contributed by atoms with Crippen molar-refractivity contribution in [3.63, 3.8) is 0 Å². The number of carbonyl (C=O) groups excluding carboxylic acids is 3. The van der Waals surface area contributed by atoms with Crippen molar-refractivity contribution >= 4 is 17.8 Å². The Kier molecular flexibility index (Phi) is 7.65. The summed E-state index contributed by atoms with van der Waals surface area (Å²) in [5.74, 6) is -2.74. The van der Waals surface area contributed by atoms with Gasteiger partial charge in [-0.15, -0.1) is 0 Å². The van der Waals surface area contributed by atoms with E-state index in [0.717, 1.165) is 25.7 Å². The third kappa shape index (κ3) is 4.87. The Morgan fingerprint density at radius 1 is 1.11 bits per heavy atom. The number of rotatable bonds is 5. The second-order valence-corrected chi connectivity index (χ2v) is 12.8. The lowest BCUT2D eigenvalue weighted by Crippen LogP contribution is -2.61. The molecule has 4 aliphatic heterocycles. The van der Waals surface area contributed by atoms with E-state index in [-0.39, 0.29) is 23.8 Å². The molecular weight excluding hydrogens is 472 g/mol. The van der Waals surface area contributed by atoms with E-state index >= 15 is 0 Å². The van der Waals surface area contributed by atoms with Gasteiger partial charge in [0.2, 0.25) is 11.8 Å². The van der Waals surface area contributed by atoms with Crippen molar-refractivity contribution in [2.45, 2.75) is 103 Å². The van der Waals surface area contributed by atoms with E-state index < -0.39 is 47.1 Å². The fraction of sp³-hybridized carbons (Fsp3) is 0.759. The molecule has 0 saturated carbocycles. The Hall–Kier alpha value is -2.19. The molecule has 0 bridgehead atoms. The molecule has 8 nitrogen and oxygen atoms in total. The maximum Gasteiger partial charge on any atom is 0.312 e. The number of amides is 2. The molecule has 0 aliphatic carbocycles. The highest BCUT2D eigenvalue weighted by Gasteiger charge is 2.72. The van der Waals surface area contributed by atoms with Gasteiger partial charge < -0.3 is 24.4 Å². The van der Waals surface area contributed by atoms with E-state index in [1.54, 1.807) is 0 Å². The quantitative estimate of drug-likeness (QED) is 0.445. The molecule has 1 unspecified atom stereocenters. The highest BCUT2D eigenvalue weighted by Crippen LogP contribution is 2.54. The smallest absolute Gasteiger partial charge is 0.312 e. The van der Waals surface area contributed by atoms with Crippen LogP contribution >= 0.6 is 0 Å². The normalized spacial score (nSPS) is 34.4. The highest BCUT2D eigenvalue weighted by atomic mass is 16.6. The van der Waals surface area contributed by atoms with Crippen molar-refractivity contribution in [1.82, 2.24) is 9.80 Å². The zero-order chi connectivity index (χ0) is 27.2. The summed E-state index contributed by atoms with van der Waals surface area (Å²) >= 11 is 0. The van der Waals surface area contributed by atoms with Crippen molar-refractivity contribution in [3.05, 3.63) is 24.3 Å². The first-order valence-electron chi connectivity index (χ1n) is 13.8. The van der Waals surface area contributed by atoms with E-state index in [1.807, 2.05) is 36.1 Å². The van der Waals surface area contributed by atoms with Crippen LogP contribution in [-0.2, 0) is 23.9 Å². The number of fused-ring (bicyclic) bond motifs is 2. The second-order valence-electron chi connectivity index (χ2n) is 12.8. The van der Waals surface area contributed by atoms with Gasteiger partial charge in [0.15, 0.2) is 0 Å². The average Bonchev–Trinajstić information content (AvgIpc) is 3.18. The summed E-state index contributed by atoms with van der Waals surface area (Å²) in [4.78, 5) is 45.4. The predicted molar refractivity (Wildman–Crippen MR) is 139 cm³/mol. The Balaban J connectivity index is 1.84. The molecule has 2 fully saturated rings. The summed E-state index contributed by atoms with van der Waals surface area (Å²) < 4.78 is 12.3. The molecule has 1 N–H and O–H groups in total. The van der Waals surface area contributed by atoms with Gasteiger partial charge in [-0.1, -0.05) is 52.0 Å². The lowest BCUT2D eigenvalue weighted by atomic mass is 9.77. The molecule has 0 aromatic carbocycles. The Bertz CT molecular complexity index is 962.